The summed E-state index contributed by atoms with van der Waals surface area (Å²) >= 11 is 0. The van der Waals surface area contributed by atoms with Gasteiger partial charge in [-0.1, -0.05) is 42.5 Å². The number of ether oxygens (including phenoxy) is 4. The first kappa shape index (κ1) is 27.9. The molecule has 4 aliphatic rings. The van der Waals surface area contributed by atoms with Crippen molar-refractivity contribution in [1.82, 2.24) is 4.98 Å². The third kappa shape index (κ3) is 4.78. The average Bonchev–Trinajstić information content (AvgIpc) is 3.64. The fourth-order valence-corrected chi connectivity index (χ4v) is 6.81. The number of rotatable bonds is 4. The van der Waals surface area contributed by atoms with E-state index in [1.54, 1.807) is 6.20 Å². The first-order valence-electron chi connectivity index (χ1n) is 16.0. The van der Waals surface area contributed by atoms with E-state index >= 15 is 0 Å². The van der Waals surface area contributed by atoms with E-state index in [-0.39, 0.29) is 17.9 Å². The molecule has 0 atom stereocenters. The van der Waals surface area contributed by atoms with Crippen LogP contribution in [0.4, 0.5) is 0 Å². The van der Waals surface area contributed by atoms with Crippen molar-refractivity contribution in [3.8, 4) is 45.3 Å². The zero-order valence-corrected chi connectivity index (χ0v) is 26.7. The Morgan fingerprint density at radius 2 is 1.04 bits per heavy atom. The van der Waals surface area contributed by atoms with Crippen molar-refractivity contribution in [2.45, 2.75) is 38.9 Å². The Hall–Kier alpha value is -5.37. The van der Waals surface area contributed by atoms with Gasteiger partial charge in [0.05, 0.1) is 18.7 Å². The summed E-state index contributed by atoms with van der Waals surface area (Å²) in [5, 5.41) is 0. The standard InChI is InChI=1S/C39H32BN3O4/c1-38(2)21-42-36(46-38)26-8-5-7-23(15-26)24-11-13-29-33(17-24)44-31-9-6-10-32-35(31)40(29)30-14-12-25(18-34(30)45-32)27-16-28(20-41-19-27)37-43-22-39(3,4)47-37/h5-20H,21-22H2,1-4H3. The summed E-state index contributed by atoms with van der Waals surface area (Å²) in [5.41, 5.74) is 8.65. The molecule has 0 amide bonds. The molecule has 5 aromatic rings. The van der Waals surface area contributed by atoms with Crippen molar-refractivity contribution in [1.29, 1.82) is 0 Å². The van der Waals surface area contributed by atoms with Crippen molar-refractivity contribution in [3.05, 3.63) is 108 Å². The molecule has 0 bridgehead atoms. The molecule has 9 rings (SSSR count). The molecule has 0 spiro atoms. The Balaban J connectivity index is 1.08. The minimum absolute atomic E-state index is 0.0282. The Bertz CT molecular complexity index is 2040. The van der Waals surface area contributed by atoms with Crippen LogP contribution in [0.1, 0.15) is 38.8 Å². The van der Waals surface area contributed by atoms with Crippen molar-refractivity contribution < 1.29 is 18.9 Å². The number of fused-ring (bicyclic) bond motifs is 4. The van der Waals surface area contributed by atoms with Gasteiger partial charge in [-0.25, -0.2) is 9.98 Å². The molecule has 4 aromatic carbocycles. The first-order chi connectivity index (χ1) is 22.7. The highest BCUT2D eigenvalue weighted by Crippen LogP contribution is 2.37. The van der Waals surface area contributed by atoms with Gasteiger partial charge in [0.2, 0.25) is 11.8 Å². The smallest absolute Gasteiger partial charge is 0.260 e. The molecule has 4 aliphatic heterocycles. The van der Waals surface area contributed by atoms with Crippen LogP contribution in [-0.2, 0) is 9.47 Å². The van der Waals surface area contributed by atoms with E-state index in [9.17, 15) is 0 Å². The molecule has 0 fully saturated rings. The van der Waals surface area contributed by atoms with Gasteiger partial charge in [0.15, 0.2) is 0 Å². The van der Waals surface area contributed by atoms with Gasteiger partial charge in [0.1, 0.15) is 34.2 Å². The monoisotopic (exact) mass is 617 g/mol. The van der Waals surface area contributed by atoms with E-state index in [4.69, 9.17) is 18.9 Å². The second-order valence-electron chi connectivity index (χ2n) is 13.8. The Morgan fingerprint density at radius 3 is 1.66 bits per heavy atom. The lowest BCUT2D eigenvalue weighted by Gasteiger charge is -2.33. The van der Waals surface area contributed by atoms with Crippen LogP contribution in [0, 0.1) is 0 Å². The molecule has 0 radical (unpaired) electrons. The molecule has 7 nitrogen and oxygen atoms in total. The summed E-state index contributed by atoms with van der Waals surface area (Å²) in [6.45, 7) is 9.46. The summed E-state index contributed by atoms with van der Waals surface area (Å²) in [4.78, 5) is 13.8. The van der Waals surface area contributed by atoms with Gasteiger partial charge < -0.3 is 18.9 Å². The number of aromatic nitrogens is 1. The highest BCUT2D eigenvalue weighted by atomic mass is 16.5. The maximum Gasteiger partial charge on any atom is 0.260 e. The molecule has 0 N–H and O–H groups in total. The van der Waals surface area contributed by atoms with E-state index in [2.05, 4.69) is 89.5 Å². The normalized spacial score (nSPS) is 17.6. The third-order valence-corrected chi connectivity index (χ3v) is 9.12. The lowest BCUT2D eigenvalue weighted by atomic mass is 9.35. The van der Waals surface area contributed by atoms with E-state index < -0.39 is 0 Å². The number of pyridine rings is 1. The van der Waals surface area contributed by atoms with Crippen molar-refractivity contribution in [3.63, 3.8) is 0 Å². The van der Waals surface area contributed by atoms with Gasteiger partial charge >= 0.3 is 0 Å². The molecule has 47 heavy (non-hydrogen) atoms. The van der Waals surface area contributed by atoms with Gasteiger partial charge in [-0.05, 0) is 97.8 Å². The zero-order valence-electron chi connectivity index (χ0n) is 26.7. The van der Waals surface area contributed by atoms with Crippen LogP contribution in [0.3, 0.4) is 0 Å². The highest BCUT2D eigenvalue weighted by molar-refractivity contribution is 6.98. The molecule has 0 saturated heterocycles. The summed E-state index contributed by atoms with van der Waals surface area (Å²) in [5.74, 6) is 4.61. The van der Waals surface area contributed by atoms with Crippen LogP contribution in [-0.4, -0.2) is 47.8 Å². The second-order valence-corrected chi connectivity index (χ2v) is 13.8. The molecule has 1 aromatic heterocycles. The zero-order chi connectivity index (χ0) is 31.9. The van der Waals surface area contributed by atoms with Gasteiger partial charge in [0, 0.05) is 29.0 Å². The van der Waals surface area contributed by atoms with Crippen molar-refractivity contribution >= 4 is 34.9 Å². The van der Waals surface area contributed by atoms with Gasteiger partial charge in [-0.3, -0.25) is 4.98 Å². The number of aliphatic imine (C=N–C) groups is 2. The van der Waals surface area contributed by atoms with Gasteiger partial charge in [-0.2, -0.15) is 0 Å². The van der Waals surface area contributed by atoms with Crippen LogP contribution < -0.4 is 25.9 Å². The fourth-order valence-electron chi connectivity index (χ4n) is 6.81. The Kier molecular flexibility index (Phi) is 5.98. The molecule has 5 heterocycles. The maximum absolute atomic E-state index is 6.57. The summed E-state index contributed by atoms with van der Waals surface area (Å²) in [6.07, 6.45) is 3.67. The molecule has 0 aliphatic carbocycles. The number of hydrogen-bond donors (Lipinski definition) is 0. The van der Waals surface area contributed by atoms with Crippen LogP contribution >= 0.6 is 0 Å². The third-order valence-electron chi connectivity index (χ3n) is 9.12. The predicted octanol–water partition coefficient (Wildman–Crippen LogP) is 6.25. The molecular weight excluding hydrogens is 585 g/mol. The fraction of sp³-hybridized carbons (Fsp3) is 0.205. The van der Waals surface area contributed by atoms with E-state index in [1.165, 1.54) is 0 Å². The number of hydrogen-bond acceptors (Lipinski definition) is 7. The van der Waals surface area contributed by atoms with Crippen LogP contribution in [0.2, 0.25) is 0 Å². The molecule has 0 unspecified atom stereocenters. The topological polar surface area (TPSA) is 74.5 Å². The largest absolute Gasteiger partial charge is 0.469 e. The average molecular weight is 618 g/mol. The van der Waals surface area contributed by atoms with Gasteiger partial charge in [-0.15, -0.1) is 0 Å². The van der Waals surface area contributed by atoms with Crippen molar-refractivity contribution in [2.24, 2.45) is 9.98 Å². The summed E-state index contributed by atoms with van der Waals surface area (Å²) in [7, 11) is 0. The SMILES string of the molecule is CC1(C)CN=C(c2cccc(-c3ccc4c(c3)Oc3cccc5c3B4c3ccc(-c4cncc(C6=NCC(C)(C)O6)c4)cc3O5)c2)O1. The highest BCUT2D eigenvalue weighted by Gasteiger charge is 2.40. The second kappa shape index (κ2) is 10.1. The maximum atomic E-state index is 6.57. The van der Waals surface area contributed by atoms with Crippen LogP contribution in [0.15, 0.2) is 107 Å². The quantitative estimate of drug-likeness (QED) is 0.218. The summed E-state index contributed by atoms with van der Waals surface area (Å²) in [6, 6.07) is 29.4. The molecule has 8 heteroatoms. The van der Waals surface area contributed by atoms with Crippen LogP contribution in [0.5, 0.6) is 23.0 Å². The first-order valence-corrected chi connectivity index (χ1v) is 16.0. The Morgan fingerprint density at radius 1 is 0.532 bits per heavy atom. The molecular formula is C39H32BN3O4. The minimum atomic E-state index is -0.306. The molecule has 0 saturated carbocycles. The predicted molar refractivity (Wildman–Crippen MR) is 186 cm³/mol. The van der Waals surface area contributed by atoms with Crippen LogP contribution in [0.25, 0.3) is 22.3 Å². The lowest BCUT2D eigenvalue weighted by Crippen LogP contribution is -2.57. The van der Waals surface area contributed by atoms with E-state index in [1.807, 2.05) is 44.3 Å². The van der Waals surface area contributed by atoms with E-state index in [0.29, 0.717) is 24.9 Å². The lowest BCUT2D eigenvalue weighted by molar-refractivity contribution is 0.131. The summed E-state index contributed by atoms with van der Waals surface area (Å²) < 4.78 is 25.3. The van der Waals surface area contributed by atoms with Gasteiger partial charge in [0.25, 0.3) is 6.71 Å². The number of nitrogens with zero attached hydrogens (tertiary/aromatic N) is 3. The van der Waals surface area contributed by atoms with E-state index in [0.717, 1.165) is 72.8 Å². The van der Waals surface area contributed by atoms with Crippen molar-refractivity contribution in [2.75, 3.05) is 13.1 Å². The molecule has 230 valence electrons. The Labute approximate surface area is 274 Å². The minimum Gasteiger partial charge on any atom is -0.469 e. The number of benzene rings is 4.